The molecule has 1 aromatic rings. The smallest absolute Gasteiger partial charge is 0.191 e. The van der Waals surface area contributed by atoms with E-state index in [-0.39, 0.29) is 0 Å². The van der Waals surface area contributed by atoms with Crippen molar-refractivity contribution in [2.24, 2.45) is 13.0 Å². The fourth-order valence-electron chi connectivity index (χ4n) is 2.01. The Balaban J connectivity index is 1.87. The lowest BCUT2D eigenvalue weighted by Crippen LogP contribution is -2.13. The minimum Gasteiger partial charge on any atom is -0.309 e. The van der Waals surface area contributed by atoms with E-state index in [0.29, 0.717) is 17.5 Å². The zero-order valence-corrected chi connectivity index (χ0v) is 10.6. The molecule has 1 aliphatic carbocycles. The molecule has 0 amide bonds. The van der Waals surface area contributed by atoms with Crippen LogP contribution in [0.25, 0.3) is 0 Å². The highest BCUT2D eigenvalue weighted by molar-refractivity contribution is 7.99. The molecule has 5 heteroatoms. The Labute approximate surface area is 99.8 Å². The molecule has 1 saturated carbocycles. The first-order valence-electron chi connectivity index (χ1n) is 5.70. The fourth-order valence-corrected chi connectivity index (χ4v) is 2.95. The summed E-state index contributed by atoms with van der Waals surface area (Å²) in [6.45, 7) is 1.91. The Kier molecular flexibility index (Phi) is 3.63. The van der Waals surface area contributed by atoms with Crippen LogP contribution in [0.1, 0.15) is 31.5 Å². The fraction of sp³-hybridized carbons (Fsp3) is 0.727. The molecule has 1 heterocycles. The van der Waals surface area contributed by atoms with Gasteiger partial charge in [0, 0.05) is 13.0 Å². The third-order valence-corrected chi connectivity index (χ3v) is 4.25. The summed E-state index contributed by atoms with van der Waals surface area (Å²) < 4.78 is 1.92. The Morgan fingerprint density at radius 2 is 2.12 bits per heavy atom. The molecule has 16 heavy (non-hydrogen) atoms. The molecule has 1 aromatic heterocycles. The van der Waals surface area contributed by atoms with Gasteiger partial charge in [-0.1, -0.05) is 24.6 Å². The standard InChI is InChI=1S/C11H17N3OS/c1-8-12-13-11(14(8)2)16-7-10(15)9-5-3-4-6-9/h9H,3-7H2,1-2H3. The van der Waals surface area contributed by atoms with Crippen molar-refractivity contribution < 1.29 is 4.79 Å². The molecule has 1 fully saturated rings. The van der Waals surface area contributed by atoms with E-state index < -0.39 is 0 Å². The molecular formula is C11H17N3OS. The monoisotopic (exact) mass is 239 g/mol. The van der Waals surface area contributed by atoms with Crippen LogP contribution >= 0.6 is 11.8 Å². The van der Waals surface area contributed by atoms with Crippen LogP contribution in [-0.2, 0) is 11.8 Å². The second kappa shape index (κ2) is 4.99. The van der Waals surface area contributed by atoms with Gasteiger partial charge in [0.2, 0.25) is 0 Å². The van der Waals surface area contributed by atoms with E-state index in [1.807, 2.05) is 18.5 Å². The summed E-state index contributed by atoms with van der Waals surface area (Å²) in [5.74, 6) is 2.11. The van der Waals surface area contributed by atoms with Crippen LogP contribution < -0.4 is 0 Å². The second-order valence-electron chi connectivity index (χ2n) is 4.33. The summed E-state index contributed by atoms with van der Waals surface area (Å²) in [5.41, 5.74) is 0. The summed E-state index contributed by atoms with van der Waals surface area (Å²) >= 11 is 1.50. The van der Waals surface area contributed by atoms with Gasteiger partial charge < -0.3 is 4.57 Å². The van der Waals surface area contributed by atoms with Gasteiger partial charge in [0.1, 0.15) is 11.6 Å². The number of nitrogens with zero attached hydrogens (tertiary/aromatic N) is 3. The Bertz CT molecular complexity index is 383. The van der Waals surface area contributed by atoms with Crippen molar-refractivity contribution in [3.8, 4) is 0 Å². The van der Waals surface area contributed by atoms with Crippen LogP contribution in [0.4, 0.5) is 0 Å². The van der Waals surface area contributed by atoms with Crippen LogP contribution in [0, 0.1) is 12.8 Å². The number of carbonyl (C=O) groups is 1. The third-order valence-electron chi connectivity index (χ3n) is 3.21. The number of Topliss-reactive ketones (excluding diaryl/α,β-unsaturated/α-hetero) is 1. The van der Waals surface area contributed by atoms with E-state index in [0.717, 1.165) is 23.8 Å². The molecule has 0 saturated heterocycles. The van der Waals surface area contributed by atoms with Gasteiger partial charge in [-0.15, -0.1) is 10.2 Å². The number of thioether (sulfide) groups is 1. The summed E-state index contributed by atoms with van der Waals surface area (Å²) in [7, 11) is 1.93. The van der Waals surface area contributed by atoms with Crippen LogP contribution in [0.15, 0.2) is 5.16 Å². The summed E-state index contributed by atoms with van der Waals surface area (Å²) in [4.78, 5) is 11.9. The van der Waals surface area contributed by atoms with Gasteiger partial charge in [-0.3, -0.25) is 4.79 Å². The highest BCUT2D eigenvalue weighted by Crippen LogP contribution is 2.27. The van der Waals surface area contributed by atoms with Gasteiger partial charge in [0.05, 0.1) is 5.75 Å². The molecule has 0 N–H and O–H groups in total. The molecule has 1 aliphatic rings. The summed E-state index contributed by atoms with van der Waals surface area (Å²) in [6, 6.07) is 0. The molecule has 0 radical (unpaired) electrons. The molecule has 4 nitrogen and oxygen atoms in total. The minimum atomic E-state index is 0.307. The molecular weight excluding hydrogens is 222 g/mol. The lowest BCUT2D eigenvalue weighted by molar-refractivity contribution is -0.120. The predicted octanol–water partition coefficient (Wildman–Crippen LogP) is 1.97. The van der Waals surface area contributed by atoms with E-state index in [2.05, 4.69) is 10.2 Å². The largest absolute Gasteiger partial charge is 0.309 e. The highest BCUT2D eigenvalue weighted by Gasteiger charge is 2.22. The maximum absolute atomic E-state index is 11.9. The van der Waals surface area contributed by atoms with Crippen molar-refractivity contribution in [1.29, 1.82) is 0 Å². The highest BCUT2D eigenvalue weighted by atomic mass is 32.2. The van der Waals surface area contributed by atoms with Crippen LogP contribution in [0.5, 0.6) is 0 Å². The Hall–Kier alpha value is -0.840. The van der Waals surface area contributed by atoms with Gasteiger partial charge in [-0.2, -0.15) is 0 Å². The lowest BCUT2D eigenvalue weighted by atomic mass is 10.0. The number of ketones is 1. The Morgan fingerprint density at radius 3 is 2.69 bits per heavy atom. The summed E-state index contributed by atoms with van der Waals surface area (Å²) in [6.07, 6.45) is 4.59. The average Bonchev–Trinajstić information content (AvgIpc) is 2.89. The van der Waals surface area contributed by atoms with E-state index in [4.69, 9.17) is 0 Å². The van der Waals surface area contributed by atoms with Crippen LogP contribution in [0.3, 0.4) is 0 Å². The van der Waals surface area contributed by atoms with E-state index >= 15 is 0 Å². The first kappa shape index (κ1) is 11.6. The number of hydrogen-bond acceptors (Lipinski definition) is 4. The number of rotatable bonds is 4. The molecule has 0 aromatic carbocycles. The van der Waals surface area contributed by atoms with Crippen LogP contribution in [-0.4, -0.2) is 26.3 Å². The lowest BCUT2D eigenvalue weighted by Gasteiger charge is -2.06. The number of aromatic nitrogens is 3. The Morgan fingerprint density at radius 1 is 1.44 bits per heavy atom. The molecule has 0 aliphatic heterocycles. The van der Waals surface area contributed by atoms with Crippen molar-refractivity contribution in [2.45, 2.75) is 37.8 Å². The first-order valence-corrected chi connectivity index (χ1v) is 6.68. The maximum atomic E-state index is 11.9. The molecule has 0 spiro atoms. The molecule has 0 atom stereocenters. The van der Waals surface area contributed by atoms with E-state index in [1.165, 1.54) is 24.6 Å². The van der Waals surface area contributed by atoms with E-state index in [1.54, 1.807) is 0 Å². The predicted molar refractivity (Wildman–Crippen MR) is 63.4 cm³/mol. The SMILES string of the molecule is Cc1nnc(SCC(=O)C2CCCC2)n1C. The van der Waals surface area contributed by atoms with E-state index in [9.17, 15) is 4.79 Å². The number of aryl methyl sites for hydroxylation is 1. The zero-order valence-electron chi connectivity index (χ0n) is 9.77. The molecule has 88 valence electrons. The normalized spacial score (nSPS) is 16.9. The maximum Gasteiger partial charge on any atom is 0.191 e. The van der Waals surface area contributed by atoms with Gasteiger partial charge in [0.25, 0.3) is 0 Å². The quantitative estimate of drug-likeness (QED) is 0.754. The second-order valence-corrected chi connectivity index (χ2v) is 5.27. The van der Waals surface area contributed by atoms with Crippen LogP contribution in [0.2, 0.25) is 0 Å². The number of hydrogen-bond donors (Lipinski definition) is 0. The zero-order chi connectivity index (χ0) is 11.5. The van der Waals surface area contributed by atoms with Crippen molar-refractivity contribution in [1.82, 2.24) is 14.8 Å². The molecule has 2 rings (SSSR count). The van der Waals surface area contributed by atoms with Gasteiger partial charge in [-0.05, 0) is 19.8 Å². The molecule has 0 unspecified atom stereocenters. The average molecular weight is 239 g/mol. The minimum absolute atomic E-state index is 0.307. The number of carbonyl (C=O) groups excluding carboxylic acids is 1. The molecule has 0 bridgehead atoms. The van der Waals surface area contributed by atoms with Gasteiger partial charge in [-0.25, -0.2) is 0 Å². The van der Waals surface area contributed by atoms with Crippen molar-refractivity contribution in [3.05, 3.63) is 5.82 Å². The van der Waals surface area contributed by atoms with Crippen molar-refractivity contribution >= 4 is 17.5 Å². The third kappa shape index (κ3) is 2.45. The first-order chi connectivity index (χ1) is 7.68. The van der Waals surface area contributed by atoms with Crippen molar-refractivity contribution in [2.75, 3.05) is 5.75 Å². The van der Waals surface area contributed by atoms with Crippen molar-refractivity contribution in [3.63, 3.8) is 0 Å². The van der Waals surface area contributed by atoms with Gasteiger partial charge in [0.15, 0.2) is 5.16 Å². The topological polar surface area (TPSA) is 47.8 Å². The van der Waals surface area contributed by atoms with Gasteiger partial charge >= 0.3 is 0 Å². The summed E-state index contributed by atoms with van der Waals surface area (Å²) in [5, 5.41) is 8.85.